The summed E-state index contributed by atoms with van der Waals surface area (Å²) in [6.07, 6.45) is 0. The van der Waals surface area contributed by atoms with Crippen LogP contribution in [0.25, 0.3) is 0 Å². The molecule has 2 unspecified atom stereocenters. The molecule has 0 aromatic heterocycles. The van der Waals surface area contributed by atoms with Crippen molar-refractivity contribution in [3.8, 4) is 5.75 Å². The molecular weight excluding hydrogens is 372 g/mol. The largest absolute Gasteiger partial charge is 0.425 e. The van der Waals surface area contributed by atoms with E-state index in [1.165, 1.54) is 0 Å². The van der Waals surface area contributed by atoms with Gasteiger partial charge in [-0.15, -0.1) is 0 Å². The second kappa shape index (κ2) is 6.91. The molecule has 3 aromatic rings. The minimum atomic E-state index is -3.97. The molecule has 0 fully saturated rings. The van der Waals surface area contributed by atoms with Gasteiger partial charge in [0.15, 0.2) is 15.1 Å². The van der Waals surface area contributed by atoms with Crippen LogP contribution in [0.5, 0.6) is 5.75 Å². The highest BCUT2D eigenvalue weighted by Gasteiger charge is 2.47. The van der Waals surface area contributed by atoms with E-state index < -0.39 is 27.0 Å². The molecule has 142 valence electrons. The first kappa shape index (κ1) is 18.4. The van der Waals surface area contributed by atoms with Crippen LogP contribution in [0.1, 0.15) is 28.2 Å². The summed E-state index contributed by atoms with van der Waals surface area (Å²) in [7, 11) is -3.97. The molecule has 1 aliphatic rings. The molecule has 2 atom stereocenters. The van der Waals surface area contributed by atoms with Gasteiger partial charge in [-0.1, -0.05) is 66.2 Å². The third kappa shape index (κ3) is 3.02. The molecule has 4 rings (SSSR count). The first-order chi connectivity index (χ1) is 13.4. The molecule has 1 heterocycles. The molecule has 0 bridgehead atoms. The molecule has 0 aliphatic carbocycles. The van der Waals surface area contributed by atoms with Gasteiger partial charge in [-0.05, 0) is 37.1 Å². The van der Waals surface area contributed by atoms with Crippen molar-refractivity contribution in [2.24, 2.45) is 0 Å². The predicted molar refractivity (Wildman–Crippen MR) is 107 cm³/mol. The van der Waals surface area contributed by atoms with Crippen LogP contribution in [0.3, 0.4) is 0 Å². The number of hydrogen-bond donors (Lipinski definition) is 0. The number of hydrogen-bond acceptors (Lipinski definition) is 4. The van der Waals surface area contributed by atoms with Crippen molar-refractivity contribution in [3.05, 3.63) is 95.1 Å². The standard InChI is InChI=1S/C23H20O4S/c1-15-11-13-17(14-12-15)21-18-8-4-5-9-19(18)27-23(24)22(21)28(25,26)20-10-6-3-7-16(20)2/h3-14,21-22H,1-2H3. The SMILES string of the molecule is Cc1ccc(C2c3ccccc3OC(=O)C2S(=O)(=O)c2ccccc2C)cc1. The topological polar surface area (TPSA) is 60.4 Å². The minimum absolute atomic E-state index is 0.161. The Balaban J connectivity index is 1.95. The van der Waals surface area contributed by atoms with Crippen LogP contribution in [-0.2, 0) is 14.6 Å². The summed E-state index contributed by atoms with van der Waals surface area (Å²) in [5.41, 5.74) is 3.15. The third-order valence-corrected chi connectivity index (χ3v) is 7.37. The van der Waals surface area contributed by atoms with Gasteiger partial charge in [-0.25, -0.2) is 8.42 Å². The van der Waals surface area contributed by atoms with E-state index in [4.69, 9.17) is 4.74 Å². The summed E-state index contributed by atoms with van der Waals surface area (Å²) in [6.45, 7) is 3.70. The minimum Gasteiger partial charge on any atom is -0.425 e. The van der Waals surface area contributed by atoms with Crippen molar-refractivity contribution in [1.29, 1.82) is 0 Å². The van der Waals surface area contributed by atoms with Crippen LogP contribution in [0, 0.1) is 13.8 Å². The number of esters is 1. The Bertz CT molecular complexity index is 1150. The summed E-state index contributed by atoms with van der Waals surface area (Å²) in [5, 5.41) is -1.34. The number of ether oxygens (including phenoxy) is 1. The Morgan fingerprint density at radius 1 is 0.821 bits per heavy atom. The van der Waals surface area contributed by atoms with Crippen molar-refractivity contribution < 1.29 is 17.9 Å². The van der Waals surface area contributed by atoms with Crippen molar-refractivity contribution in [2.75, 3.05) is 0 Å². The number of sulfone groups is 1. The second-order valence-corrected chi connectivity index (χ2v) is 9.12. The number of fused-ring (bicyclic) bond motifs is 1. The zero-order valence-corrected chi connectivity index (χ0v) is 16.4. The molecular formula is C23H20O4S. The van der Waals surface area contributed by atoms with Crippen LogP contribution in [0.2, 0.25) is 0 Å². The van der Waals surface area contributed by atoms with Gasteiger partial charge >= 0.3 is 5.97 Å². The van der Waals surface area contributed by atoms with Crippen LogP contribution >= 0.6 is 0 Å². The van der Waals surface area contributed by atoms with Gasteiger partial charge in [0.2, 0.25) is 0 Å². The maximum Gasteiger partial charge on any atom is 0.331 e. The Morgan fingerprint density at radius 2 is 1.46 bits per heavy atom. The fourth-order valence-electron chi connectivity index (χ4n) is 3.74. The molecule has 28 heavy (non-hydrogen) atoms. The fourth-order valence-corrected chi connectivity index (χ4v) is 5.76. The molecule has 0 radical (unpaired) electrons. The van der Waals surface area contributed by atoms with E-state index in [2.05, 4.69) is 0 Å². The number of rotatable bonds is 3. The van der Waals surface area contributed by atoms with Gasteiger partial charge in [0.25, 0.3) is 0 Å². The van der Waals surface area contributed by atoms with E-state index >= 15 is 0 Å². The summed E-state index contributed by atoms with van der Waals surface area (Å²) >= 11 is 0. The lowest BCUT2D eigenvalue weighted by Gasteiger charge is -2.32. The Hall–Kier alpha value is -2.92. The van der Waals surface area contributed by atoms with E-state index in [9.17, 15) is 13.2 Å². The highest BCUT2D eigenvalue weighted by Crippen LogP contribution is 2.43. The zero-order valence-electron chi connectivity index (χ0n) is 15.6. The van der Waals surface area contributed by atoms with E-state index in [0.29, 0.717) is 16.9 Å². The quantitative estimate of drug-likeness (QED) is 0.495. The number of aryl methyl sites for hydroxylation is 2. The van der Waals surface area contributed by atoms with E-state index in [0.717, 1.165) is 11.1 Å². The Labute approximate surface area is 164 Å². The average molecular weight is 392 g/mol. The highest BCUT2D eigenvalue weighted by molar-refractivity contribution is 7.93. The van der Waals surface area contributed by atoms with Crippen LogP contribution < -0.4 is 4.74 Å². The first-order valence-corrected chi connectivity index (χ1v) is 10.6. The fraction of sp³-hybridized carbons (Fsp3) is 0.174. The summed E-state index contributed by atoms with van der Waals surface area (Å²) in [6, 6.07) is 21.5. The van der Waals surface area contributed by atoms with Gasteiger partial charge < -0.3 is 4.74 Å². The molecule has 5 heteroatoms. The number of para-hydroxylation sites is 1. The van der Waals surface area contributed by atoms with Gasteiger partial charge in [-0.3, -0.25) is 4.79 Å². The lowest BCUT2D eigenvalue weighted by molar-refractivity contribution is -0.135. The van der Waals surface area contributed by atoms with E-state index in [-0.39, 0.29) is 4.90 Å². The number of carbonyl (C=O) groups excluding carboxylic acids is 1. The third-order valence-electron chi connectivity index (χ3n) is 5.17. The van der Waals surface area contributed by atoms with Crippen molar-refractivity contribution >= 4 is 15.8 Å². The molecule has 1 aliphatic heterocycles. The van der Waals surface area contributed by atoms with Gasteiger partial charge in [0, 0.05) is 11.5 Å². The number of benzene rings is 3. The van der Waals surface area contributed by atoms with Gasteiger partial charge in [-0.2, -0.15) is 0 Å². The van der Waals surface area contributed by atoms with E-state index in [1.54, 1.807) is 43.3 Å². The molecule has 0 saturated carbocycles. The normalized spacial score (nSPS) is 19.0. The average Bonchev–Trinajstić information content (AvgIpc) is 2.67. The summed E-state index contributed by atoms with van der Waals surface area (Å²) < 4.78 is 32.6. The van der Waals surface area contributed by atoms with Crippen LogP contribution in [0.15, 0.2) is 77.7 Å². The zero-order chi connectivity index (χ0) is 19.9. The van der Waals surface area contributed by atoms with Crippen LogP contribution in [-0.4, -0.2) is 19.6 Å². The molecule has 0 amide bonds. The summed E-state index contributed by atoms with van der Waals surface area (Å²) in [4.78, 5) is 13.1. The first-order valence-electron chi connectivity index (χ1n) is 9.06. The molecule has 0 saturated heterocycles. The Morgan fingerprint density at radius 3 is 2.18 bits per heavy atom. The molecule has 0 N–H and O–H groups in total. The van der Waals surface area contributed by atoms with Gasteiger partial charge in [0.1, 0.15) is 5.75 Å². The second-order valence-electron chi connectivity index (χ2n) is 7.08. The van der Waals surface area contributed by atoms with E-state index in [1.807, 2.05) is 43.3 Å². The highest BCUT2D eigenvalue weighted by atomic mass is 32.2. The smallest absolute Gasteiger partial charge is 0.331 e. The summed E-state index contributed by atoms with van der Waals surface area (Å²) in [5.74, 6) is -0.968. The van der Waals surface area contributed by atoms with Crippen molar-refractivity contribution in [2.45, 2.75) is 29.9 Å². The van der Waals surface area contributed by atoms with Crippen molar-refractivity contribution in [3.63, 3.8) is 0 Å². The number of carbonyl (C=O) groups is 1. The maximum atomic E-state index is 13.6. The lowest BCUT2D eigenvalue weighted by Crippen LogP contribution is -2.43. The molecule has 3 aromatic carbocycles. The van der Waals surface area contributed by atoms with Gasteiger partial charge in [0.05, 0.1) is 4.90 Å². The Kier molecular flexibility index (Phi) is 4.55. The maximum absolute atomic E-state index is 13.6. The molecule has 4 nitrogen and oxygen atoms in total. The van der Waals surface area contributed by atoms with Crippen LogP contribution in [0.4, 0.5) is 0 Å². The monoisotopic (exact) mass is 392 g/mol. The van der Waals surface area contributed by atoms with Crippen molar-refractivity contribution in [1.82, 2.24) is 0 Å². The molecule has 0 spiro atoms. The lowest BCUT2D eigenvalue weighted by atomic mass is 9.86. The predicted octanol–water partition coefficient (Wildman–Crippen LogP) is 4.20.